The SMILES string of the molecule is CCCCOCCCNc1nc(NC)ccc1[N+](=O)[O-]. The molecule has 1 heterocycles. The topological polar surface area (TPSA) is 89.3 Å². The molecule has 0 aromatic carbocycles. The van der Waals surface area contributed by atoms with Crippen molar-refractivity contribution in [3.05, 3.63) is 22.2 Å². The van der Waals surface area contributed by atoms with Crippen molar-refractivity contribution in [2.24, 2.45) is 0 Å². The van der Waals surface area contributed by atoms with Gasteiger partial charge in [-0.3, -0.25) is 10.1 Å². The summed E-state index contributed by atoms with van der Waals surface area (Å²) in [6.45, 7) is 4.12. The maximum atomic E-state index is 10.9. The number of nitrogens with one attached hydrogen (secondary N) is 2. The third-order valence-corrected chi connectivity index (χ3v) is 2.73. The molecule has 0 fully saturated rings. The fourth-order valence-electron chi connectivity index (χ4n) is 1.60. The zero-order valence-electron chi connectivity index (χ0n) is 12.0. The number of nitro groups is 1. The predicted molar refractivity (Wildman–Crippen MR) is 79.3 cm³/mol. The molecule has 0 saturated carbocycles. The highest BCUT2D eigenvalue weighted by atomic mass is 16.6. The number of hydrogen-bond acceptors (Lipinski definition) is 6. The van der Waals surface area contributed by atoms with E-state index in [9.17, 15) is 10.1 Å². The molecule has 0 aliphatic rings. The van der Waals surface area contributed by atoms with Crippen LogP contribution in [0.2, 0.25) is 0 Å². The highest BCUT2D eigenvalue weighted by Crippen LogP contribution is 2.23. The Morgan fingerprint density at radius 3 is 2.75 bits per heavy atom. The number of nitrogens with zero attached hydrogens (tertiary/aromatic N) is 2. The summed E-state index contributed by atoms with van der Waals surface area (Å²) >= 11 is 0. The van der Waals surface area contributed by atoms with Crippen molar-refractivity contribution in [3.8, 4) is 0 Å². The van der Waals surface area contributed by atoms with Gasteiger partial charge < -0.3 is 15.4 Å². The third-order valence-electron chi connectivity index (χ3n) is 2.73. The van der Waals surface area contributed by atoms with Gasteiger partial charge in [-0.15, -0.1) is 0 Å². The van der Waals surface area contributed by atoms with Crippen LogP contribution in [0.4, 0.5) is 17.3 Å². The van der Waals surface area contributed by atoms with Gasteiger partial charge in [0.2, 0.25) is 5.82 Å². The summed E-state index contributed by atoms with van der Waals surface area (Å²) in [4.78, 5) is 14.6. The summed E-state index contributed by atoms with van der Waals surface area (Å²) in [6, 6.07) is 3.02. The van der Waals surface area contributed by atoms with Crippen LogP contribution >= 0.6 is 0 Å². The quantitative estimate of drug-likeness (QED) is 0.389. The lowest BCUT2D eigenvalue weighted by Gasteiger charge is -2.08. The van der Waals surface area contributed by atoms with E-state index in [1.807, 2.05) is 0 Å². The molecule has 1 rings (SSSR count). The van der Waals surface area contributed by atoms with E-state index < -0.39 is 4.92 Å². The maximum absolute atomic E-state index is 10.9. The number of hydrogen-bond donors (Lipinski definition) is 2. The molecule has 0 bridgehead atoms. The van der Waals surface area contributed by atoms with E-state index in [-0.39, 0.29) is 11.5 Å². The van der Waals surface area contributed by atoms with Crippen molar-refractivity contribution >= 4 is 17.3 Å². The zero-order chi connectivity index (χ0) is 14.8. The molecule has 1 aromatic rings. The molecule has 0 aliphatic carbocycles. The molecule has 1 aromatic heterocycles. The Kier molecular flexibility index (Phi) is 7.34. The number of pyridine rings is 1. The van der Waals surface area contributed by atoms with E-state index in [0.717, 1.165) is 25.9 Å². The van der Waals surface area contributed by atoms with E-state index >= 15 is 0 Å². The second-order valence-corrected chi connectivity index (χ2v) is 4.32. The van der Waals surface area contributed by atoms with Crippen LogP contribution in [0.3, 0.4) is 0 Å². The monoisotopic (exact) mass is 282 g/mol. The fraction of sp³-hybridized carbons (Fsp3) is 0.615. The Morgan fingerprint density at radius 1 is 1.35 bits per heavy atom. The van der Waals surface area contributed by atoms with Crippen molar-refractivity contribution in [1.29, 1.82) is 0 Å². The zero-order valence-corrected chi connectivity index (χ0v) is 12.0. The molecule has 7 heteroatoms. The first-order valence-corrected chi connectivity index (χ1v) is 6.83. The molecule has 112 valence electrons. The van der Waals surface area contributed by atoms with Crippen LogP contribution in [-0.2, 0) is 4.74 Å². The van der Waals surface area contributed by atoms with Crippen LogP contribution in [0.25, 0.3) is 0 Å². The number of ether oxygens (including phenoxy) is 1. The maximum Gasteiger partial charge on any atom is 0.311 e. The second-order valence-electron chi connectivity index (χ2n) is 4.32. The summed E-state index contributed by atoms with van der Waals surface area (Å²) in [7, 11) is 1.72. The lowest BCUT2D eigenvalue weighted by Crippen LogP contribution is -2.10. The number of rotatable bonds is 10. The van der Waals surface area contributed by atoms with E-state index in [0.29, 0.717) is 19.0 Å². The van der Waals surface area contributed by atoms with Gasteiger partial charge in [-0.25, -0.2) is 4.98 Å². The van der Waals surface area contributed by atoms with Gasteiger partial charge in [0.25, 0.3) is 0 Å². The van der Waals surface area contributed by atoms with E-state index in [4.69, 9.17) is 4.74 Å². The van der Waals surface area contributed by atoms with Gasteiger partial charge in [-0.05, 0) is 18.9 Å². The van der Waals surface area contributed by atoms with E-state index in [1.54, 1.807) is 13.1 Å². The van der Waals surface area contributed by atoms with Crippen LogP contribution in [0.1, 0.15) is 26.2 Å². The fourth-order valence-corrected chi connectivity index (χ4v) is 1.60. The molecule has 2 N–H and O–H groups in total. The first-order chi connectivity index (χ1) is 9.69. The standard InChI is InChI=1S/C13H22N4O3/c1-3-4-9-20-10-5-8-15-13-11(17(18)19)6-7-12(14-2)16-13/h6-7H,3-5,8-10H2,1-2H3,(H2,14,15,16). The minimum absolute atomic E-state index is 0.0177. The summed E-state index contributed by atoms with van der Waals surface area (Å²) in [5.74, 6) is 0.882. The number of unbranched alkanes of at least 4 members (excludes halogenated alkanes) is 1. The average Bonchev–Trinajstić information content (AvgIpc) is 2.45. The van der Waals surface area contributed by atoms with E-state index in [1.165, 1.54) is 6.07 Å². The molecule has 0 unspecified atom stereocenters. The van der Waals surface area contributed by atoms with Gasteiger partial charge in [0.15, 0.2) is 0 Å². The summed E-state index contributed by atoms with van der Waals surface area (Å²) in [5.41, 5.74) is -0.0177. The van der Waals surface area contributed by atoms with Crippen molar-refractivity contribution in [3.63, 3.8) is 0 Å². The molecule has 0 atom stereocenters. The summed E-state index contributed by atoms with van der Waals surface area (Å²) in [5, 5.41) is 16.8. The minimum Gasteiger partial charge on any atom is -0.381 e. The van der Waals surface area contributed by atoms with Gasteiger partial charge in [-0.2, -0.15) is 0 Å². The molecule has 0 spiro atoms. The molecule has 0 radical (unpaired) electrons. The van der Waals surface area contributed by atoms with Gasteiger partial charge in [0.05, 0.1) is 4.92 Å². The Morgan fingerprint density at radius 2 is 2.10 bits per heavy atom. The Labute approximate surface area is 118 Å². The first-order valence-electron chi connectivity index (χ1n) is 6.83. The van der Waals surface area contributed by atoms with E-state index in [2.05, 4.69) is 22.5 Å². The van der Waals surface area contributed by atoms with Gasteiger partial charge in [-0.1, -0.05) is 13.3 Å². The van der Waals surface area contributed by atoms with Gasteiger partial charge in [0.1, 0.15) is 5.82 Å². The lowest BCUT2D eigenvalue weighted by atomic mass is 10.3. The van der Waals surface area contributed by atoms with Crippen LogP contribution in [-0.4, -0.2) is 36.7 Å². The van der Waals surface area contributed by atoms with Gasteiger partial charge in [0, 0.05) is 32.9 Å². The first kappa shape index (κ1) is 16.2. The van der Waals surface area contributed by atoms with Crippen LogP contribution < -0.4 is 10.6 Å². The third kappa shape index (κ3) is 5.40. The summed E-state index contributed by atoms with van der Waals surface area (Å²) < 4.78 is 5.43. The van der Waals surface area contributed by atoms with Crippen LogP contribution in [0.5, 0.6) is 0 Å². The molecule has 0 saturated heterocycles. The van der Waals surface area contributed by atoms with Gasteiger partial charge >= 0.3 is 5.69 Å². The largest absolute Gasteiger partial charge is 0.381 e. The number of aromatic nitrogens is 1. The highest BCUT2D eigenvalue weighted by Gasteiger charge is 2.15. The Balaban J connectivity index is 2.43. The molecular formula is C13H22N4O3. The smallest absolute Gasteiger partial charge is 0.311 e. The minimum atomic E-state index is -0.438. The van der Waals surface area contributed by atoms with Crippen LogP contribution in [0.15, 0.2) is 12.1 Å². The second kappa shape index (κ2) is 9.08. The molecular weight excluding hydrogens is 260 g/mol. The Bertz CT molecular complexity index is 426. The lowest BCUT2D eigenvalue weighted by molar-refractivity contribution is -0.384. The molecule has 0 aliphatic heterocycles. The summed E-state index contributed by atoms with van der Waals surface area (Å²) in [6.07, 6.45) is 2.96. The molecule has 7 nitrogen and oxygen atoms in total. The van der Waals surface area contributed by atoms with Crippen molar-refractivity contribution in [1.82, 2.24) is 4.98 Å². The van der Waals surface area contributed by atoms with Crippen LogP contribution in [0, 0.1) is 10.1 Å². The molecule has 0 amide bonds. The predicted octanol–water partition coefficient (Wildman–Crippen LogP) is 2.65. The Hall–Kier alpha value is -1.89. The highest BCUT2D eigenvalue weighted by molar-refractivity contribution is 5.60. The van der Waals surface area contributed by atoms with Crippen molar-refractivity contribution < 1.29 is 9.66 Å². The normalized spacial score (nSPS) is 10.3. The molecule has 20 heavy (non-hydrogen) atoms. The van der Waals surface area contributed by atoms with Crippen molar-refractivity contribution in [2.45, 2.75) is 26.2 Å². The van der Waals surface area contributed by atoms with Crippen molar-refractivity contribution in [2.75, 3.05) is 37.4 Å². The number of anilines is 2. The average molecular weight is 282 g/mol.